The number of aromatic nitrogens is 5. The molecule has 0 spiro atoms. The number of nitrogens with one attached hydrogen (secondary N) is 1. The Morgan fingerprint density at radius 1 is 1.03 bits per heavy atom. The van der Waals surface area contributed by atoms with Gasteiger partial charge in [0.25, 0.3) is 5.56 Å². The van der Waals surface area contributed by atoms with Crippen molar-refractivity contribution < 1.29 is 0 Å². The largest absolute Gasteiger partial charge is 0.321 e. The molecule has 3 heterocycles. The van der Waals surface area contributed by atoms with Gasteiger partial charge < -0.3 is 4.98 Å². The Balaban J connectivity index is 1.50. The first kappa shape index (κ1) is 21.2. The Labute approximate surface area is 198 Å². The maximum absolute atomic E-state index is 13.5. The van der Waals surface area contributed by atoms with Gasteiger partial charge in [-0.15, -0.1) is 5.10 Å². The third kappa shape index (κ3) is 3.74. The molecule has 1 fully saturated rings. The van der Waals surface area contributed by atoms with Gasteiger partial charge in [0, 0.05) is 18.7 Å². The Bertz CT molecular complexity index is 1380. The summed E-state index contributed by atoms with van der Waals surface area (Å²) in [6, 6.07) is 16.8. The number of tetrazole rings is 1. The number of H-pyrrole nitrogens is 1. The molecule has 4 aromatic rings. The van der Waals surface area contributed by atoms with E-state index in [1.807, 2.05) is 29.8 Å². The maximum Gasteiger partial charge on any atom is 0.253 e. The summed E-state index contributed by atoms with van der Waals surface area (Å²) in [6.45, 7) is 3.65. The predicted octanol–water partition coefficient (Wildman–Crippen LogP) is 4.48. The van der Waals surface area contributed by atoms with Crippen molar-refractivity contribution in [3.05, 3.63) is 87.0 Å². The molecule has 2 aromatic heterocycles. The van der Waals surface area contributed by atoms with E-state index in [4.69, 9.17) is 0 Å². The lowest BCUT2D eigenvalue weighted by atomic mass is 9.94. The van der Waals surface area contributed by atoms with Crippen molar-refractivity contribution >= 4 is 10.9 Å². The SMILES string of the molecule is Cc1cccc2cc([C@@H](c3nnnn3C3CCCCC3)N3CCc4ccccc4C3)c(=O)[nH]c12. The standard InChI is InChI=1S/C27H30N6O/c1-18-8-7-11-20-16-23(27(34)28-24(18)20)25(32-15-14-19-9-5-6-10-21(19)17-32)26-29-30-31-33(26)22-12-3-2-4-13-22/h5-11,16,22,25H,2-4,12-15,17H2,1H3,(H,28,34)/t25-/m0/s1. The molecule has 2 aliphatic rings. The van der Waals surface area contributed by atoms with Crippen LogP contribution in [0.1, 0.15) is 72.3 Å². The average Bonchev–Trinajstić information content (AvgIpc) is 3.35. The zero-order valence-electron chi connectivity index (χ0n) is 19.6. The lowest BCUT2D eigenvalue weighted by Crippen LogP contribution is -2.39. The monoisotopic (exact) mass is 454 g/mol. The molecule has 34 heavy (non-hydrogen) atoms. The molecule has 0 saturated heterocycles. The number of hydrogen-bond acceptors (Lipinski definition) is 5. The molecular weight excluding hydrogens is 424 g/mol. The van der Waals surface area contributed by atoms with Gasteiger partial charge in [-0.25, -0.2) is 4.68 Å². The van der Waals surface area contributed by atoms with Gasteiger partial charge in [0.15, 0.2) is 5.82 Å². The Kier molecular flexibility index (Phi) is 5.49. The van der Waals surface area contributed by atoms with E-state index in [-0.39, 0.29) is 11.6 Å². The number of benzene rings is 2. The minimum atomic E-state index is -0.307. The highest BCUT2D eigenvalue weighted by molar-refractivity contribution is 5.82. The number of nitrogens with zero attached hydrogens (tertiary/aromatic N) is 5. The van der Waals surface area contributed by atoms with Crippen molar-refractivity contribution in [2.75, 3.05) is 6.54 Å². The minimum absolute atomic E-state index is 0.0659. The van der Waals surface area contributed by atoms with Crippen molar-refractivity contribution in [2.45, 2.75) is 64.1 Å². The van der Waals surface area contributed by atoms with Crippen LogP contribution in [0.2, 0.25) is 0 Å². The van der Waals surface area contributed by atoms with Gasteiger partial charge in [-0.2, -0.15) is 0 Å². The van der Waals surface area contributed by atoms with Gasteiger partial charge >= 0.3 is 0 Å². The molecule has 0 amide bonds. The van der Waals surface area contributed by atoms with Crippen LogP contribution in [-0.2, 0) is 13.0 Å². The van der Waals surface area contributed by atoms with Crippen LogP contribution in [0.25, 0.3) is 10.9 Å². The molecule has 0 unspecified atom stereocenters. The van der Waals surface area contributed by atoms with Crippen LogP contribution in [0.4, 0.5) is 0 Å². The van der Waals surface area contributed by atoms with Crippen molar-refractivity contribution in [3.63, 3.8) is 0 Å². The predicted molar refractivity (Wildman–Crippen MR) is 132 cm³/mol. The van der Waals surface area contributed by atoms with E-state index in [1.54, 1.807) is 0 Å². The molecule has 0 radical (unpaired) electrons. The second kappa shape index (κ2) is 8.80. The molecule has 1 atom stereocenters. The number of aromatic amines is 1. The molecule has 1 saturated carbocycles. The number of rotatable bonds is 4. The topological polar surface area (TPSA) is 79.7 Å². The van der Waals surface area contributed by atoms with Crippen LogP contribution in [0.15, 0.2) is 53.3 Å². The summed E-state index contributed by atoms with van der Waals surface area (Å²) in [7, 11) is 0. The van der Waals surface area contributed by atoms with E-state index in [0.717, 1.165) is 54.6 Å². The molecule has 0 bridgehead atoms. The van der Waals surface area contributed by atoms with Crippen LogP contribution < -0.4 is 5.56 Å². The summed E-state index contributed by atoms with van der Waals surface area (Å²) in [5, 5.41) is 14.1. The summed E-state index contributed by atoms with van der Waals surface area (Å²) >= 11 is 0. The molecule has 174 valence electrons. The molecule has 1 N–H and O–H groups in total. The second-order valence-corrected chi connectivity index (χ2v) is 9.76. The normalized spacial score (nSPS) is 18.1. The fourth-order valence-electron chi connectivity index (χ4n) is 5.81. The Morgan fingerprint density at radius 3 is 2.71 bits per heavy atom. The third-order valence-electron chi connectivity index (χ3n) is 7.62. The zero-order chi connectivity index (χ0) is 23.1. The van der Waals surface area contributed by atoms with Gasteiger partial charge in [-0.05, 0) is 64.8 Å². The second-order valence-electron chi connectivity index (χ2n) is 9.76. The zero-order valence-corrected chi connectivity index (χ0v) is 19.6. The lowest BCUT2D eigenvalue weighted by molar-refractivity contribution is 0.187. The van der Waals surface area contributed by atoms with E-state index >= 15 is 0 Å². The highest BCUT2D eigenvalue weighted by Crippen LogP contribution is 2.35. The summed E-state index contributed by atoms with van der Waals surface area (Å²) in [5.74, 6) is 0.781. The minimum Gasteiger partial charge on any atom is -0.321 e. The number of hydrogen-bond donors (Lipinski definition) is 1. The lowest BCUT2D eigenvalue weighted by Gasteiger charge is -2.35. The van der Waals surface area contributed by atoms with E-state index in [1.165, 1.54) is 30.4 Å². The molecule has 7 nitrogen and oxygen atoms in total. The van der Waals surface area contributed by atoms with Crippen molar-refractivity contribution in [2.24, 2.45) is 0 Å². The first-order chi connectivity index (χ1) is 16.7. The van der Waals surface area contributed by atoms with E-state index < -0.39 is 0 Å². The van der Waals surface area contributed by atoms with Crippen LogP contribution in [0.5, 0.6) is 0 Å². The molecule has 6 rings (SSSR count). The first-order valence-electron chi connectivity index (χ1n) is 12.4. The van der Waals surface area contributed by atoms with Gasteiger partial charge in [-0.1, -0.05) is 61.7 Å². The fraction of sp³-hybridized carbons (Fsp3) is 0.407. The van der Waals surface area contributed by atoms with E-state index in [9.17, 15) is 4.79 Å². The highest BCUT2D eigenvalue weighted by Gasteiger charge is 2.34. The number of pyridine rings is 1. The van der Waals surface area contributed by atoms with Gasteiger partial charge in [0.1, 0.15) is 6.04 Å². The van der Waals surface area contributed by atoms with Crippen LogP contribution in [0, 0.1) is 6.92 Å². The first-order valence-corrected chi connectivity index (χ1v) is 12.4. The van der Waals surface area contributed by atoms with Crippen molar-refractivity contribution in [1.82, 2.24) is 30.1 Å². The number of aryl methyl sites for hydroxylation is 1. The summed E-state index contributed by atoms with van der Waals surface area (Å²) in [5.41, 5.74) is 5.30. The fourth-order valence-corrected chi connectivity index (χ4v) is 5.81. The van der Waals surface area contributed by atoms with Crippen LogP contribution in [0.3, 0.4) is 0 Å². The van der Waals surface area contributed by atoms with Crippen LogP contribution in [-0.4, -0.2) is 36.6 Å². The summed E-state index contributed by atoms with van der Waals surface area (Å²) in [6.07, 6.45) is 6.77. The molecule has 1 aliphatic carbocycles. The summed E-state index contributed by atoms with van der Waals surface area (Å²) < 4.78 is 2.02. The smallest absolute Gasteiger partial charge is 0.253 e. The van der Waals surface area contributed by atoms with E-state index in [0.29, 0.717) is 11.6 Å². The molecular formula is C27H30N6O. The Hall–Kier alpha value is -3.32. The van der Waals surface area contributed by atoms with Gasteiger partial charge in [0.2, 0.25) is 0 Å². The van der Waals surface area contributed by atoms with E-state index in [2.05, 4.69) is 55.7 Å². The van der Waals surface area contributed by atoms with Crippen molar-refractivity contribution in [3.8, 4) is 0 Å². The van der Waals surface area contributed by atoms with Gasteiger partial charge in [0.05, 0.1) is 11.6 Å². The highest BCUT2D eigenvalue weighted by atomic mass is 16.1. The van der Waals surface area contributed by atoms with Gasteiger partial charge in [-0.3, -0.25) is 9.69 Å². The summed E-state index contributed by atoms with van der Waals surface area (Å²) in [4.78, 5) is 19.1. The quantitative estimate of drug-likeness (QED) is 0.492. The molecule has 2 aromatic carbocycles. The number of para-hydroxylation sites is 1. The third-order valence-corrected chi connectivity index (χ3v) is 7.62. The van der Waals surface area contributed by atoms with Crippen LogP contribution >= 0.6 is 0 Å². The Morgan fingerprint density at radius 2 is 1.85 bits per heavy atom. The maximum atomic E-state index is 13.5. The molecule has 7 heteroatoms. The average molecular weight is 455 g/mol. The molecule has 1 aliphatic heterocycles. The van der Waals surface area contributed by atoms with Crippen molar-refractivity contribution in [1.29, 1.82) is 0 Å². The number of fused-ring (bicyclic) bond motifs is 2.